The third-order valence-corrected chi connectivity index (χ3v) is 3.38. The Hall–Kier alpha value is -2.82. The van der Waals surface area contributed by atoms with Crippen molar-refractivity contribution >= 4 is 17.6 Å². The van der Waals surface area contributed by atoms with Gasteiger partial charge in [0.05, 0.1) is 18.1 Å². The molecule has 0 aliphatic carbocycles. The van der Waals surface area contributed by atoms with E-state index >= 15 is 0 Å². The Kier molecular flexibility index (Phi) is 5.58. The van der Waals surface area contributed by atoms with E-state index in [2.05, 4.69) is 5.32 Å². The molecule has 2 aromatic rings. The van der Waals surface area contributed by atoms with Crippen LogP contribution in [0.15, 0.2) is 42.5 Å². The first-order valence-corrected chi connectivity index (χ1v) is 7.74. The van der Waals surface area contributed by atoms with Gasteiger partial charge in [-0.05, 0) is 62.2 Å². The molecule has 0 spiro atoms. The number of rotatable bonds is 6. The first kappa shape index (κ1) is 17.5. The molecule has 0 aromatic heterocycles. The second-order valence-corrected chi connectivity index (χ2v) is 5.87. The number of amides is 1. The summed E-state index contributed by atoms with van der Waals surface area (Å²) in [6.07, 6.45) is 0.291. The molecule has 24 heavy (non-hydrogen) atoms. The molecule has 0 fully saturated rings. The van der Waals surface area contributed by atoms with Gasteiger partial charge in [-0.25, -0.2) is 4.79 Å². The fraction of sp³-hybridized carbons (Fsp3) is 0.263. The summed E-state index contributed by atoms with van der Waals surface area (Å²) in [6, 6.07) is 12.2. The molecule has 0 aliphatic heterocycles. The van der Waals surface area contributed by atoms with Crippen molar-refractivity contribution < 1.29 is 19.4 Å². The molecular weight excluding hydrogens is 306 g/mol. The second kappa shape index (κ2) is 7.64. The van der Waals surface area contributed by atoms with Gasteiger partial charge in [0.2, 0.25) is 5.91 Å². The molecule has 2 rings (SSSR count). The second-order valence-electron chi connectivity index (χ2n) is 5.87. The van der Waals surface area contributed by atoms with Crippen LogP contribution >= 0.6 is 0 Å². The van der Waals surface area contributed by atoms with Crippen molar-refractivity contribution in [3.63, 3.8) is 0 Å². The zero-order valence-corrected chi connectivity index (χ0v) is 14.0. The van der Waals surface area contributed by atoms with Gasteiger partial charge in [0.15, 0.2) is 0 Å². The third-order valence-electron chi connectivity index (χ3n) is 3.38. The number of carboxylic acid groups (broad SMARTS) is 1. The lowest BCUT2D eigenvalue weighted by molar-refractivity contribution is -0.115. The molecule has 2 aromatic carbocycles. The predicted octanol–water partition coefficient (Wildman–Crippen LogP) is 3.66. The van der Waals surface area contributed by atoms with Crippen LogP contribution in [0, 0.1) is 6.92 Å². The van der Waals surface area contributed by atoms with Crippen LogP contribution in [-0.4, -0.2) is 23.1 Å². The van der Waals surface area contributed by atoms with Crippen LogP contribution in [0.1, 0.15) is 35.3 Å². The van der Waals surface area contributed by atoms with Gasteiger partial charge in [-0.3, -0.25) is 4.79 Å². The van der Waals surface area contributed by atoms with Crippen LogP contribution in [0.25, 0.3) is 0 Å². The largest absolute Gasteiger partial charge is 0.491 e. The zero-order chi connectivity index (χ0) is 17.7. The average Bonchev–Trinajstić information content (AvgIpc) is 2.46. The van der Waals surface area contributed by atoms with Gasteiger partial charge in [0.1, 0.15) is 5.75 Å². The maximum absolute atomic E-state index is 12.2. The minimum atomic E-state index is -0.979. The SMILES string of the molecule is Cc1cc(NC(=O)Cc2cccc(OC(C)C)c2)ccc1C(=O)O. The smallest absolute Gasteiger partial charge is 0.335 e. The van der Waals surface area contributed by atoms with E-state index in [0.717, 1.165) is 11.3 Å². The minimum absolute atomic E-state index is 0.0739. The molecule has 0 radical (unpaired) electrons. The number of hydrogen-bond donors (Lipinski definition) is 2. The van der Waals surface area contributed by atoms with Crippen LogP contribution in [-0.2, 0) is 11.2 Å². The molecule has 2 N–H and O–H groups in total. The molecular formula is C19H21NO4. The number of aromatic carboxylic acids is 1. The molecule has 5 heteroatoms. The Labute approximate surface area is 141 Å². The van der Waals surface area contributed by atoms with Crippen molar-refractivity contribution in [3.05, 3.63) is 59.2 Å². The number of hydrogen-bond acceptors (Lipinski definition) is 3. The fourth-order valence-corrected chi connectivity index (χ4v) is 2.37. The summed E-state index contributed by atoms with van der Waals surface area (Å²) in [5.41, 5.74) is 2.26. The normalized spacial score (nSPS) is 10.5. The Balaban J connectivity index is 2.03. The molecule has 0 aliphatic rings. The summed E-state index contributed by atoms with van der Waals surface area (Å²) >= 11 is 0. The first-order valence-electron chi connectivity index (χ1n) is 7.74. The molecule has 0 unspecified atom stereocenters. The minimum Gasteiger partial charge on any atom is -0.491 e. The van der Waals surface area contributed by atoms with Crippen molar-refractivity contribution in [1.29, 1.82) is 0 Å². The number of carbonyl (C=O) groups excluding carboxylic acids is 1. The van der Waals surface area contributed by atoms with Gasteiger partial charge >= 0.3 is 5.97 Å². The lowest BCUT2D eigenvalue weighted by Crippen LogP contribution is -2.15. The average molecular weight is 327 g/mol. The summed E-state index contributed by atoms with van der Waals surface area (Å²) in [5.74, 6) is -0.413. The maximum Gasteiger partial charge on any atom is 0.335 e. The van der Waals surface area contributed by atoms with E-state index in [0.29, 0.717) is 11.3 Å². The number of carboxylic acids is 1. The summed E-state index contributed by atoms with van der Waals surface area (Å²) in [4.78, 5) is 23.2. The Morgan fingerprint density at radius 3 is 2.54 bits per heavy atom. The van der Waals surface area contributed by atoms with Crippen molar-refractivity contribution in [2.75, 3.05) is 5.32 Å². The Morgan fingerprint density at radius 2 is 1.92 bits per heavy atom. The van der Waals surface area contributed by atoms with Crippen molar-refractivity contribution in [2.45, 2.75) is 33.3 Å². The number of nitrogens with one attached hydrogen (secondary N) is 1. The standard InChI is InChI=1S/C19H21NO4/c1-12(2)24-16-6-4-5-14(10-16)11-18(21)20-15-7-8-17(19(22)23)13(3)9-15/h4-10,12H,11H2,1-3H3,(H,20,21)(H,22,23). The fourth-order valence-electron chi connectivity index (χ4n) is 2.37. The van der Waals surface area contributed by atoms with E-state index in [-0.39, 0.29) is 24.0 Å². The van der Waals surface area contributed by atoms with Gasteiger partial charge in [-0.2, -0.15) is 0 Å². The van der Waals surface area contributed by atoms with Crippen LogP contribution in [0.2, 0.25) is 0 Å². The highest BCUT2D eigenvalue weighted by Crippen LogP contribution is 2.18. The molecule has 0 heterocycles. The molecule has 5 nitrogen and oxygen atoms in total. The maximum atomic E-state index is 12.2. The van der Waals surface area contributed by atoms with Crippen molar-refractivity contribution in [3.8, 4) is 5.75 Å². The third kappa shape index (κ3) is 4.84. The molecule has 126 valence electrons. The quantitative estimate of drug-likeness (QED) is 0.849. The predicted molar refractivity (Wildman–Crippen MR) is 92.7 cm³/mol. The number of carbonyl (C=O) groups is 2. The van der Waals surface area contributed by atoms with E-state index in [4.69, 9.17) is 9.84 Å². The van der Waals surface area contributed by atoms with Gasteiger partial charge in [0.25, 0.3) is 0 Å². The monoisotopic (exact) mass is 327 g/mol. The Bertz CT molecular complexity index is 753. The summed E-state index contributed by atoms with van der Waals surface area (Å²) in [5, 5.41) is 11.8. The topological polar surface area (TPSA) is 75.6 Å². The van der Waals surface area contributed by atoms with Crippen molar-refractivity contribution in [1.82, 2.24) is 0 Å². The van der Waals surface area contributed by atoms with Gasteiger partial charge < -0.3 is 15.2 Å². The number of anilines is 1. The summed E-state index contributed by atoms with van der Waals surface area (Å²) in [7, 11) is 0. The van der Waals surface area contributed by atoms with Gasteiger partial charge in [-0.1, -0.05) is 12.1 Å². The van der Waals surface area contributed by atoms with E-state index in [1.54, 1.807) is 19.1 Å². The molecule has 0 atom stereocenters. The summed E-state index contributed by atoms with van der Waals surface area (Å²) < 4.78 is 5.62. The van der Waals surface area contributed by atoms with E-state index in [9.17, 15) is 9.59 Å². The molecule has 1 amide bonds. The molecule has 0 saturated carbocycles. The molecule has 0 saturated heterocycles. The van der Waals surface area contributed by atoms with E-state index < -0.39 is 5.97 Å². The molecule has 0 bridgehead atoms. The van der Waals surface area contributed by atoms with E-state index in [1.165, 1.54) is 6.07 Å². The highest BCUT2D eigenvalue weighted by molar-refractivity contribution is 5.94. The van der Waals surface area contributed by atoms with Crippen LogP contribution in [0.4, 0.5) is 5.69 Å². The van der Waals surface area contributed by atoms with E-state index in [1.807, 2.05) is 38.1 Å². The van der Waals surface area contributed by atoms with Gasteiger partial charge in [0, 0.05) is 5.69 Å². The highest BCUT2D eigenvalue weighted by atomic mass is 16.5. The van der Waals surface area contributed by atoms with Crippen LogP contribution in [0.5, 0.6) is 5.75 Å². The summed E-state index contributed by atoms with van der Waals surface area (Å²) in [6.45, 7) is 5.59. The van der Waals surface area contributed by atoms with Crippen molar-refractivity contribution in [2.24, 2.45) is 0 Å². The zero-order valence-electron chi connectivity index (χ0n) is 14.0. The lowest BCUT2D eigenvalue weighted by Gasteiger charge is -2.11. The van der Waals surface area contributed by atoms with Crippen LogP contribution < -0.4 is 10.1 Å². The lowest BCUT2D eigenvalue weighted by atomic mass is 10.1. The van der Waals surface area contributed by atoms with Gasteiger partial charge in [-0.15, -0.1) is 0 Å². The number of ether oxygens (including phenoxy) is 1. The highest BCUT2D eigenvalue weighted by Gasteiger charge is 2.10. The number of aryl methyl sites for hydroxylation is 1. The Morgan fingerprint density at radius 1 is 1.17 bits per heavy atom. The van der Waals surface area contributed by atoms with Crippen LogP contribution in [0.3, 0.4) is 0 Å². The first-order chi connectivity index (χ1) is 11.3. The number of benzene rings is 2.